The molecule has 0 amide bonds. The zero-order valence-electron chi connectivity index (χ0n) is 18.3. The van der Waals surface area contributed by atoms with Crippen LogP contribution in [0.25, 0.3) is 12.2 Å². The maximum absolute atomic E-state index is 12.8. The van der Waals surface area contributed by atoms with E-state index < -0.39 is 11.7 Å². The lowest BCUT2D eigenvalue weighted by Gasteiger charge is -2.06. The van der Waals surface area contributed by atoms with Gasteiger partial charge < -0.3 is 9.15 Å². The smallest absolute Gasteiger partial charge is 0.416 e. The average Bonchev–Trinajstić information content (AvgIpc) is 3.52. The van der Waals surface area contributed by atoms with Crippen LogP contribution in [-0.2, 0) is 25.7 Å². The van der Waals surface area contributed by atoms with Crippen LogP contribution in [0.2, 0.25) is 0 Å². The van der Waals surface area contributed by atoms with Crippen LogP contribution in [0.5, 0.6) is 5.75 Å². The second-order valence-electron chi connectivity index (χ2n) is 7.69. The third-order valence-electron chi connectivity index (χ3n) is 5.09. The minimum Gasteiger partial charge on any atom is -0.487 e. The van der Waals surface area contributed by atoms with E-state index in [0.29, 0.717) is 11.3 Å². The van der Waals surface area contributed by atoms with Gasteiger partial charge in [-0.3, -0.25) is 4.68 Å². The van der Waals surface area contributed by atoms with Gasteiger partial charge in [0.25, 0.3) is 0 Å². The molecule has 2 heterocycles. The SMILES string of the molecule is FC(F)(F)c1cccc(/C=C/c2nc(COc3ccc(CCCCn4ccnn4)cc3)co2)c1. The van der Waals surface area contributed by atoms with E-state index in [1.54, 1.807) is 12.3 Å². The first-order valence-corrected chi connectivity index (χ1v) is 10.8. The van der Waals surface area contributed by atoms with Crippen LogP contribution < -0.4 is 4.74 Å². The highest BCUT2D eigenvalue weighted by molar-refractivity contribution is 5.66. The van der Waals surface area contributed by atoms with Crippen LogP contribution >= 0.6 is 0 Å². The van der Waals surface area contributed by atoms with E-state index in [2.05, 4.69) is 15.3 Å². The van der Waals surface area contributed by atoms with Crippen molar-refractivity contribution in [2.75, 3.05) is 0 Å². The molecule has 2 aromatic heterocycles. The van der Waals surface area contributed by atoms with E-state index in [1.165, 1.54) is 30.0 Å². The fourth-order valence-electron chi connectivity index (χ4n) is 3.32. The van der Waals surface area contributed by atoms with Gasteiger partial charge in [0, 0.05) is 18.8 Å². The molecule has 0 aliphatic heterocycles. The lowest BCUT2D eigenvalue weighted by atomic mass is 10.1. The van der Waals surface area contributed by atoms with Crippen molar-refractivity contribution in [3.63, 3.8) is 0 Å². The van der Waals surface area contributed by atoms with Crippen molar-refractivity contribution in [1.82, 2.24) is 20.0 Å². The molecule has 0 unspecified atom stereocenters. The quantitative estimate of drug-likeness (QED) is 0.265. The standard InChI is InChI=1S/C25H23F3N4O2/c26-25(27,28)21-6-3-5-20(16-21)9-12-24-30-22(18-34-24)17-33-23-10-7-19(8-11-23)4-1-2-14-32-15-13-29-31-32/h3,5-13,15-16,18H,1-2,4,14,17H2/b12-9+. The Morgan fingerprint density at radius 2 is 1.88 bits per heavy atom. The Morgan fingerprint density at radius 3 is 2.65 bits per heavy atom. The molecule has 0 fully saturated rings. The Balaban J connectivity index is 1.23. The summed E-state index contributed by atoms with van der Waals surface area (Å²) in [5.74, 6) is 1.01. The summed E-state index contributed by atoms with van der Waals surface area (Å²) < 4.78 is 51.4. The minimum absolute atomic E-state index is 0.220. The largest absolute Gasteiger partial charge is 0.487 e. The fraction of sp³-hybridized carbons (Fsp3) is 0.240. The number of rotatable bonds is 10. The summed E-state index contributed by atoms with van der Waals surface area (Å²) in [5, 5.41) is 7.74. The summed E-state index contributed by atoms with van der Waals surface area (Å²) in [6, 6.07) is 13.0. The topological polar surface area (TPSA) is 66.0 Å². The molecule has 0 saturated heterocycles. The van der Waals surface area contributed by atoms with Crippen LogP contribution in [0.3, 0.4) is 0 Å². The molecule has 4 rings (SSSR count). The number of alkyl halides is 3. The maximum Gasteiger partial charge on any atom is 0.416 e. The van der Waals surface area contributed by atoms with E-state index in [0.717, 1.165) is 43.7 Å². The highest BCUT2D eigenvalue weighted by Gasteiger charge is 2.30. The number of unbranched alkanes of at least 4 members (excludes halogenated alkanes) is 1. The van der Waals surface area contributed by atoms with E-state index in [-0.39, 0.29) is 12.5 Å². The monoisotopic (exact) mass is 468 g/mol. The summed E-state index contributed by atoms with van der Waals surface area (Å²) in [5.41, 5.74) is 1.52. The third kappa shape index (κ3) is 6.81. The predicted molar refractivity (Wildman–Crippen MR) is 121 cm³/mol. The first-order valence-electron chi connectivity index (χ1n) is 10.8. The number of aromatic nitrogens is 4. The van der Waals surface area contributed by atoms with Crippen LogP contribution in [0.1, 0.15) is 41.1 Å². The van der Waals surface area contributed by atoms with Gasteiger partial charge in [-0.25, -0.2) is 4.98 Å². The van der Waals surface area contributed by atoms with Crippen molar-refractivity contribution in [3.05, 3.63) is 95.5 Å². The first kappa shape index (κ1) is 23.3. The molecule has 9 heteroatoms. The Morgan fingerprint density at radius 1 is 1.03 bits per heavy atom. The summed E-state index contributed by atoms with van der Waals surface area (Å²) in [6.45, 7) is 1.08. The number of oxazole rings is 1. The molecule has 0 aliphatic carbocycles. The average molecular weight is 468 g/mol. The molecular formula is C25H23F3N4O2. The van der Waals surface area contributed by atoms with Crippen LogP contribution in [0.15, 0.2) is 71.6 Å². The molecule has 2 aromatic carbocycles. The molecule has 0 atom stereocenters. The van der Waals surface area contributed by atoms with Crippen LogP contribution in [0, 0.1) is 0 Å². The van der Waals surface area contributed by atoms with E-state index >= 15 is 0 Å². The highest BCUT2D eigenvalue weighted by atomic mass is 19.4. The number of benzene rings is 2. The molecule has 0 N–H and O–H groups in total. The molecule has 4 aromatic rings. The Hall–Kier alpha value is -3.88. The number of hydrogen-bond acceptors (Lipinski definition) is 5. The van der Waals surface area contributed by atoms with Crippen molar-refractivity contribution < 1.29 is 22.3 Å². The summed E-state index contributed by atoms with van der Waals surface area (Å²) in [6.07, 6.45) is 6.72. The summed E-state index contributed by atoms with van der Waals surface area (Å²) >= 11 is 0. The molecule has 0 spiro atoms. The van der Waals surface area contributed by atoms with Crippen molar-refractivity contribution in [2.45, 2.75) is 38.6 Å². The molecule has 0 bridgehead atoms. The van der Waals surface area contributed by atoms with Gasteiger partial charge in [0.15, 0.2) is 0 Å². The molecular weight excluding hydrogens is 445 g/mol. The number of halogens is 3. The number of aryl methyl sites for hydroxylation is 2. The van der Waals surface area contributed by atoms with Crippen LogP contribution in [0.4, 0.5) is 13.2 Å². The highest BCUT2D eigenvalue weighted by Crippen LogP contribution is 2.29. The number of nitrogens with zero attached hydrogens (tertiary/aromatic N) is 4. The van der Waals surface area contributed by atoms with Gasteiger partial charge in [-0.1, -0.05) is 29.5 Å². The van der Waals surface area contributed by atoms with Crippen molar-refractivity contribution >= 4 is 12.2 Å². The molecule has 176 valence electrons. The third-order valence-corrected chi connectivity index (χ3v) is 5.09. The Kier molecular flexibility index (Phi) is 7.41. The molecule has 0 radical (unpaired) electrons. The lowest BCUT2D eigenvalue weighted by molar-refractivity contribution is -0.137. The van der Waals surface area contributed by atoms with Gasteiger partial charge in [0.05, 0.1) is 11.8 Å². The molecule has 34 heavy (non-hydrogen) atoms. The molecule has 6 nitrogen and oxygen atoms in total. The second-order valence-corrected chi connectivity index (χ2v) is 7.69. The van der Waals surface area contributed by atoms with Crippen molar-refractivity contribution in [2.24, 2.45) is 0 Å². The minimum atomic E-state index is -4.38. The van der Waals surface area contributed by atoms with Gasteiger partial charge in [0.1, 0.15) is 24.3 Å². The zero-order valence-corrected chi connectivity index (χ0v) is 18.3. The fourth-order valence-corrected chi connectivity index (χ4v) is 3.32. The van der Waals surface area contributed by atoms with Gasteiger partial charge in [0.2, 0.25) is 5.89 Å². The van der Waals surface area contributed by atoms with E-state index in [1.807, 2.05) is 35.1 Å². The number of hydrogen-bond donors (Lipinski definition) is 0. The maximum atomic E-state index is 12.8. The molecule has 0 aliphatic rings. The Bertz CT molecular complexity index is 1200. The van der Waals surface area contributed by atoms with E-state index in [9.17, 15) is 13.2 Å². The van der Waals surface area contributed by atoms with Gasteiger partial charge >= 0.3 is 6.18 Å². The van der Waals surface area contributed by atoms with Gasteiger partial charge in [-0.15, -0.1) is 5.10 Å². The van der Waals surface area contributed by atoms with Crippen molar-refractivity contribution in [3.8, 4) is 5.75 Å². The van der Waals surface area contributed by atoms with Crippen LogP contribution in [-0.4, -0.2) is 20.0 Å². The summed E-state index contributed by atoms with van der Waals surface area (Å²) in [4.78, 5) is 4.29. The first-order chi connectivity index (χ1) is 16.5. The summed E-state index contributed by atoms with van der Waals surface area (Å²) in [7, 11) is 0. The van der Waals surface area contributed by atoms with E-state index in [4.69, 9.17) is 9.15 Å². The Labute approximate surface area is 194 Å². The van der Waals surface area contributed by atoms with Gasteiger partial charge in [-0.2, -0.15) is 13.2 Å². The lowest BCUT2D eigenvalue weighted by Crippen LogP contribution is -2.04. The van der Waals surface area contributed by atoms with Gasteiger partial charge in [-0.05, 0) is 60.7 Å². The normalized spacial score (nSPS) is 11.9. The zero-order chi connectivity index (χ0) is 23.8. The second kappa shape index (κ2) is 10.8. The number of ether oxygens (including phenoxy) is 1. The molecule has 0 saturated carbocycles. The predicted octanol–water partition coefficient (Wildman–Crippen LogP) is 6.06. The van der Waals surface area contributed by atoms with Crippen molar-refractivity contribution in [1.29, 1.82) is 0 Å².